The van der Waals surface area contributed by atoms with Gasteiger partial charge in [0.2, 0.25) is 0 Å². The van der Waals surface area contributed by atoms with Crippen molar-refractivity contribution in [2.45, 2.75) is 38.3 Å². The van der Waals surface area contributed by atoms with E-state index in [1.54, 1.807) is 13.1 Å². The van der Waals surface area contributed by atoms with Gasteiger partial charge in [-0.3, -0.25) is 0 Å². The number of halogens is 3. The molecule has 1 aromatic carbocycles. The molecule has 1 atom stereocenters. The van der Waals surface area contributed by atoms with E-state index in [1.165, 1.54) is 12.1 Å². The lowest BCUT2D eigenvalue weighted by molar-refractivity contribution is 0.146. The summed E-state index contributed by atoms with van der Waals surface area (Å²) >= 11 is 0. The normalized spacial score (nSPS) is 18.2. The van der Waals surface area contributed by atoms with Crippen LogP contribution in [0.3, 0.4) is 0 Å². The average Bonchev–Trinajstić information content (AvgIpc) is 2.68. The second kappa shape index (κ2) is 7.33. The summed E-state index contributed by atoms with van der Waals surface area (Å²) in [5.74, 6) is 0.443. The van der Waals surface area contributed by atoms with Gasteiger partial charge in [-0.25, -0.2) is 18.2 Å². The van der Waals surface area contributed by atoms with Gasteiger partial charge in [-0.1, -0.05) is 18.2 Å². The second-order valence-corrected chi connectivity index (χ2v) is 8.37. The van der Waals surface area contributed by atoms with E-state index in [0.717, 1.165) is 54.4 Å². The predicted molar refractivity (Wildman–Crippen MR) is 113 cm³/mol. The first kappa shape index (κ1) is 20.0. The van der Waals surface area contributed by atoms with Crippen LogP contribution in [0.1, 0.15) is 42.6 Å². The standard InChI is InChI=1S/C22H23F3N6/c1-12(14-4-3-5-15(19(14)23)20(24)25)28-21-16-8-18(27-9-17(16)13(2)29-30-21)31-7-6-22(31)10-26-11-22/h3-5,8-9,12,20,26H,6-7,10-11H2,1-2H3,(H,28,30)/t12-/m1/s1. The van der Waals surface area contributed by atoms with Gasteiger partial charge in [-0.15, -0.1) is 5.10 Å². The third-order valence-electron chi connectivity index (χ3n) is 6.51. The lowest BCUT2D eigenvalue weighted by Crippen LogP contribution is -2.76. The number of fused-ring (bicyclic) bond motifs is 1. The summed E-state index contributed by atoms with van der Waals surface area (Å²) < 4.78 is 40.8. The summed E-state index contributed by atoms with van der Waals surface area (Å²) in [4.78, 5) is 6.95. The van der Waals surface area contributed by atoms with Crippen molar-refractivity contribution < 1.29 is 13.2 Å². The number of nitrogens with one attached hydrogen (secondary N) is 2. The minimum Gasteiger partial charge on any atom is -0.361 e. The van der Waals surface area contributed by atoms with Gasteiger partial charge < -0.3 is 15.5 Å². The molecule has 162 valence electrons. The molecule has 0 bridgehead atoms. The zero-order valence-electron chi connectivity index (χ0n) is 17.3. The van der Waals surface area contributed by atoms with E-state index in [0.29, 0.717) is 5.82 Å². The molecule has 2 N–H and O–H groups in total. The largest absolute Gasteiger partial charge is 0.361 e. The number of rotatable bonds is 5. The quantitative estimate of drug-likeness (QED) is 0.637. The first-order valence-electron chi connectivity index (χ1n) is 10.3. The van der Waals surface area contributed by atoms with Crippen LogP contribution in [0.2, 0.25) is 0 Å². The second-order valence-electron chi connectivity index (χ2n) is 8.37. The van der Waals surface area contributed by atoms with Crippen LogP contribution in [0.15, 0.2) is 30.5 Å². The smallest absolute Gasteiger partial charge is 0.266 e. The maximum atomic E-state index is 14.6. The van der Waals surface area contributed by atoms with Crippen LogP contribution in [-0.2, 0) is 0 Å². The Morgan fingerprint density at radius 3 is 2.58 bits per heavy atom. The van der Waals surface area contributed by atoms with Gasteiger partial charge in [0.1, 0.15) is 11.6 Å². The molecule has 0 unspecified atom stereocenters. The Morgan fingerprint density at radius 1 is 1.16 bits per heavy atom. The van der Waals surface area contributed by atoms with E-state index >= 15 is 0 Å². The van der Waals surface area contributed by atoms with Crippen molar-refractivity contribution in [1.82, 2.24) is 20.5 Å². The number of hydrogen-bond acceptors (Lipinski definition) is 6. The molecular weight excluding hydrogens is 405 g/mol. The summed E-state index contributed by atoms with van der Waals surface area (Å²) in [7, 11) is 0. The Bertz CT molecular complexity index is 1140. The molecular formula is C22H23F3N6. The van der Waals surface area contributed by atoms with Crippen LogP contribution in [0, 0.1) is 12.7 Å². The maximum absolute atomic E-state index is 14.6. The van der Waals surface area contributed by atoms with Crippen molar-refractivity contribution in [3.63, 3.8) is 0 Å². The van der Waals surface area contributed by atoms with Crippen LogP contribution in [0.4, 0.5) is 24.8 Å². The number of nitrogens with zero attached hydrogens (tertiary/aromatic N) is 4. The van der Waals surface area contributed by atoms with Gasteiger partial charge in [-0.2, -0.15) is 5.10 Å². The number of anilines is 2. The van der Waals surface area contributed by atoms with E-state index in [4.69, 9.17) is 0 Å². The molecule has 2 fully saturated rings. The van der Waals surface area contributed by atoms with Gasteiger partial charge in [0, 0.05) is 42.2 Å². The fourth-order valence-electron chi connectivity index (χ4n) is 4.45. The molecule has 0 radical (unpaired) electrons. The molecule has 2 aromatic heterocycles. The summed E-state index contributed by atoms with van der Waals surface area (Å²) in [6.07, 6.45) is 0.0567. The Kier molecular flexibility index (Phi) is 4.73. The zero-order valence-corrected chi connectivity index (χ0v) is 17.3. The lowest BCUT2D eigenvalue weighted by Gasteiger charge is -2.59. The average molecular weight is 428 g/mol. The minimum absolute atomic E-state index is 0.149. The van der Waals surface area contributed by atoms with Gasteiger partial charge >= 0.3 is 0 Å². The number of pyridine rings is 1. The third-order valence-corrected chi connectivity index (χ3v) is 6.51. The van der Waals surface area contributed by atoms with Crippen molar-refractivity contribution >= 4 is 22.4 Å². The van der Waals surface area contributed by atoms with Gasteiger partial charge in [0.15, 0.2) is 5.82 Å². The third kappa shape index (κ3) is 3.18. The highest BCUT2D eigenvalue weighted by Gasteiger charge is 2.49. The number of alkyl halides is 2. The first-order valence-corrected chi connectivity index (χ1v) is 10.3. The predicted octanol–water partition coefficient (Wildman–Crippen LogP) is 4.14. The molecule has 6 nitrogen and oxygen atoms in total. The molecule has 0 amide bonds. The lowest BCUT2D eigenvalue weighted by atomic mass is 9.79. The highest BCUT2D eigenvalue weighted by molar-refractivity contribution is 5.94. The van der Waals surface area contributed by atoms with Gasteiger partial charge in [0.25, 0.3) is 6.43 Å². The summed E-state index contributed by atoms with van der Waals surface area (Å²) in [5.41, 5.74) is 0.442. The van der Waals surface area contributed by atoms with Crippen molar-refractivity contribution in [1.29, 1.82) is 0 Å². The van der Waals surface area contributed by atoms with Crippen molar-refractivity contribution in [3.05, 3.63) is 53.1 Å². The number of aromatic nitrogens is 3. The maximum Gasteiger partial charge on any atom is 0.266 e. The van der Waals surface area contributed by atoms with Crippen molar-refractivity contribution in [2.75, 3.05) is 29.9 Å². The van der Waals surface area contributed by atoms with Gasteiger partial charge in [-0.05, 0) is 26.3 Å². The molecule has 5 rings (SSSR count). The number of hydrogen-bond donors (Lipinski definition) is 2. The summed E-state index contributed by atoms with van der Waals surface area (Å²) in [6, 6.07) is 5.45. The van der Waals surface area contributed by atoms with E-state index in [2.05, 4.69) is 30.7 Å². The van der Waals surface area contributed by atoms with Crippen LogP contribution in [0.5, 0.6) is 0 Å². The fraction of sp³-hybridized carbons (Fsp3) is 0.409. The van der Waals surface area contributed by atoms with Gasteiger partial charge in [0.05, 0.1) is 22.8 Å². The van der Waals surface area contributed by atoms with E-state index in [-0.39, 0.29) is 11.1 Å². The Labute approximate surface area is 177 Å². The summed E-state index contributed by atoms with van der Waals surface area (Å²) in [6.45, 7) is 6.41. The Hall–Kier alpha value is -2.94. The molecule has 4 heterocycles. The first-order chi connectivity index (χ1) is 14.9. The van der Waals surface area contributed by atoms with E-state index in [1.807, 2.05) is 13.0 Å². The molecule has 0 aliphatic carbocycles. The van der Waals surface area contributed by atoms with Crippen LogP contribution in [-0.4, -0.2) is 40.4 Å². The molecule has 2 aliphatic rings. The Morgan fingerprint density at radius 2 is 1.94 bits per heavy atom. The molecule has 0 saturated carbocycles. The van der Waals surface area contributed by atoms with Crippen LogP contribution < -0.4 is 15.5 Å². The van der Waals surface area contributed by atoms with Crippen molar-refractivity contribution in [2.24, 2.45) is 0 Å². The Balaban J connectivity index is 1.50. The minimum atomic E-state index is -2.87. The highest BCUT2D eigenvalue weighted by Crippen LogP contribution is 2.39. The van der Waals surface area contributed by atoms with Crippen molar-refractivity contribution in [3.8, 4) is 0 Å². The SMILES string of the molecule is Cc1nnc(N[C@H](C)c2cccc(C(F)F)c2F)c2cc(N3CCC34CNC4)ncc12. The van der Waals surface area contributed by atoms with E-state index < -0.39 is 23.8 Å². The topological polar surface area (TPSA) is 66.0 Å². The van der Waals surface area contributed by atoms with Crippen LogP contribution in [0.25, 0.3) is 10.8 Å². The zero-order chi connectivity index (χ0) is 21.8. The molecule has 31 heavy (non-hydrogen) atoms. The fourth-order valence-corrected chi connectivity index (χ4v) is 4.45. The molecule has 2 aliphatic heterocycles. The highest BCUT2D eigenvalue weighted by atomic mass is 19.3. The summed E-state index contributed by atoms with van der Waals surface area (Å²) in [5, 5.41) is 16.6. The van der Waals surface area contributed by atoms with Crippen LogP contribution >= 0.6 is 0 Å². The monoisotopic (exact) mass is 428 g/mol. The molecule has 3 aromatic rings. The molecule has 9 heteroatoms. The molecule has 2 saturated heterocycles. The molecule has 1 spiro atoms. The number of aryl methyl sites for hydroxylation is 1. The number of benzene rings is 1. The van der Waals surface area contributed by atoms with E-state index in [9.17, 15) is 13.2 Å².